The molecule has 0 aromatic carbocycles. The van der Waals surface area contributed by atoms with E-state index in [4.69, 9.17) is 5.73 Å². The van der Waals surface area contributed by atoms with Crippen molar-refractivity contribution in [1.29, 1.82) is 0 Å². The van der Waals surface area contributed by atoms with Gasteiger partial charge in [-0.1, -0.05) is 13.8 Å². The van der Waals surface area contributed by atoms with E-state index in [2.05, 4.69) is 37.6 Å². The maximum absolute atomic E-state index is 6.37. The Morgan fingerprint density at radius 3 is 2.41 bits per heavy atom. The third-order valence-corrected chi connectivity index (χ3v) is 3.81. The summed E-state index contributed by atoms with van der Waals surface area (Å²) >= 11 is 0. The van der Waals surface area contributed by atoms with Crippen LogP contribution in [0, 0.1) is 0 Å². The summed E-state index contributed by atoms with van der Waals surface area (Å²) < 4.78 is 2.04. The predicted molar refractivity (Wildman–Crippen MR) is 71.9 cm³/mol. The smallest absolute Gasteiger partial charge is 0.109 e. The molecule has 0 bridgehead atoms. The van der Waals surface area contributed by atoms with Crippen molar-refractivity contribution in [2.24, 2.45) is 12.8 Å². The van der Waals surface area contributed by atoms with Crippen LogP contribution >= 0.6 is 0 Å². The zero-order chi connectivity index (χ0) is 13.1. The van der Waals surface area contributed by atoms with E-state index in [-0.39, 0.29) is 11.6 Å². The first-order chi connectivity index (χ1) is 7.93. The third-order valence-electron chi connectivity index (χ3n) is 3.81. The van der Waals surface area contributed by atoms with Crippen LogP contribution in [0.5, 0.6) is 0 Å². The maximum atomic E-state index is 6.37. The van der Waals surface area contributed by atoms with Gasteiger partial charge in [0.2, 0.25) is 0 Å². The fraction of sp³-hybridized carbons (Fsp3) is 0.769. The molecule has 2 N–H and O–H groups in total. The minimum absolute atomic E-state index is 0.00451. The summed E-state index contributed by atoms with van der Waals surface area (Å²) in [6.07, 6.45) is 4.60. The molecule has 1 aromatic heterocycles. The van der Waals surface area contributed by atoms with Crippen LogP contribution in [-0.4, -0.2) is 39.1 Å². The lowest BCUT2D eigenvalue weighted by atomic mass is 9.90. The van der Waals surface area contributed by atoms with E-state index in [0.717, 1.165) is 25.3 Å². The number of rotatable bonds is 6. The Kier molecular flexibility index (Phi) is 4.71. The summed E-state index contributed by atoms with van der Waals surface area (Å²) in [5, 5.41) is 0. The minimum atomic E-state index is -0.00451. The van der Waals surface area contributed by atoms with Gasteiger partial charge in [0.1, 0.15) is 5.82 Å². The molecule has 1 aromatic rings. The van der Waals surface area contributed by atoms with Gasteiger partial charge in [-0.2, -0.15) is 0 Å². The van der Waals surface area contributed by atoms with E-state index >= 15 is 0 Å². The zero-order valence-electron chi connectivity index (χ0n) is 11.8. The molecular formula is C13H26N4. The zero-order valence-corrected chi connectivity index (χ0v) is 11.8. The van der Waals surface area contributed by atoms with Crippen LogP contribution in [0.15, 0.2) is 12.4 Å². The van der Waals surface area contributed by atoms with Crippen molar-refractivity contribution in [2.45, 2.75) is 45.7 Å². The fourth-order valence-corrected chi connectivity index (χ4v) is 2.31. The quantitative estimate of drug-likeness (QED) is 0.815. The number of hydrogen-bond donors (Lipinski definition) is 1. The highest BCUT2D eigenvalue weighted by atomic mass is 15.2. The molecule has 4 nitrogen and oxygen atoms in total. The second kappa shape index (κ2) is 5.65. The number of likely N-dealkylation sites (N-methyl/N-ethyl adjacent to an activating group) is 1. The summed E-state index contributed by atoms with van der Waals surface area (Å²) in [5.74, 6) is 1.05. The number of aryl methyl sites for hydroxylation is 1. The molecule has 0 saturated heterocycles. The van der Waals surface area contributed by atoms with Gasteiger partial charge in [-0.15, -0.1) is 0 Å². The Morgan fingerprint density at radius 1 is 1.41 bits per heavy atom. The van der Waals surface area contributed by atoms with Crippen LogP contribution in [0.4, 0.5) is 0 Å². The lowest BCUT2D eigenvalue weighted by Gasteiger charge is -2.41. The van der Waals surface area contributed by atoms with Crippen LogP contribution in [0.2, 0.25) is 0 Å². The highest BCUT2D eigenvalue weighted by molar-refractivity contribution is 5.00. The first-order valence-electron chi connectivity index (χ1n) is 6.40. The number of hydrogen-bond acceptors (Lipinski definition) is 3. The average Bonchev–Trinajstić information content (AvgIpc) is 2.65. The van der Waals surface area contributed by atoms with E-state index in [1.54, 1.807) is 0 Å². The first-order valence-corrected chi connectivity index (χ1v) is 6.40. The Balaban J connectivity index is 2.75. The molecule has 0 spiro atoms. The molecule has 0 fully saturated rings. The predicted octanol–water partition coefficient (Wildman–Crippen LogP) is 1.41. The number of nitrogens with zero attached hydrogens (tertiary/aromatic N) is 3. The molecule has 98 valence electrons. The van der Waals surface area contributed by atoms with Gasteiger partial charge in [-0.05, 0) is 26.9 Å². The Hall–Kier alpha value is -0.870. The summed E-state index contributed by atoms with van der Waals surface area (Å²) in [4.78, 5) is 6.75. The van der Waals surface area contributed by atoms with Gasteiger partial charge in [0.05, 0.1) is 0 Å². The van der Waals surface area contributed by atoms with Crippen molar-refractivity contribution in [3.63, 3.8) is 0 Å². The maximum Gasteiger partial charge on any atom is 0.109 e. The van der Waals surface area contributed by atoms with Crippen molar-refractivity contribution in [3.05, 3.63) is 18.2 Å². The molecule has 0 amide bonds. The van der Waals surface area contributed by atoms with Gasteiger partial charge in [0.25, 0.3) is 0 Å². The van der Waals surface area contributed by atoms with Crippen LogP contribution in [0.25, 0.3) is 0 Å². The number of aromatic nitrogens is 2. The van der Waals surface area contributed by atoms with Crippen LogP contribution in [0.1, 0.15) is 33.5 Å². The number of nitrogens with two attached hydrogens (primary N) is 1. The second-order valence-electron chi connectivity index (χ2n) is 5.09. The van der Waals surface area contributed by atoms with Gasteiger partial charge in [-0.25, -0.2) is 4.98 Å². The first kappa shape index (κ1) is 14.2. The SMILES string of the molecule is CCN(CC)C(C)(C)C(N)Cc1nccn1C. The molecule has 1 atom stereocenters. The van der Waals surface area contributed by atoms with Crippen molar-refractivity contribution in [2.75, 3.05) is 13.1 Å². The van der Waals surface area contributed by atoms with Crippen molar-refractivity contribution in [1.82, 2.24) is 14.5 Å². The molecule has 0 aliphatic heterocycles. The van der Waals surface area contributed by atoms with Crippen LogP contribution < -0.4 is 5.73 Å². The fourth-order valence-electron chi connectivity index (χ4n) is 2.31. The van der Waals surface area contributed by atoms with Gasteiger partial charge < -0.3 is 10.3 Å². The molecule has 0 radical (unpaired) electrons. The van der Waals surface area contributed by atoms with E-state index in [1.807, 2.05) is 24.0 Å². The second-order valence-corrected chi connectivity index (χ2v) is 5.09. The topological polar surface area (TPSA) is 47.1 Å². The van der Waals surface area contributed by atoms with E-state index in [9.17, 15) is 0 Å². The Labute approximate surface area is 105 Å². The molecule has 1 heterocycles. The van der Waals surface area contributed by atoms with Gasteiger partial charge >= 0.3 is 0 Å². The third kappa shape index (κ3) is 3.07. The highest BCUT2D eigenvalue weighted by Crippen LogP contribution is 2.19. The van der Waals surface area contributed by atoms with Gasteiger partial charge in [0, 0.05) is 37.4 Å². The summed E-state index contributed by atoms with van der Waals surface area (Å²) in [6, 6.07) is 0.0866. The molecule has 0 aliphatic rings. The minimum Gasteiger partial charge on any atom is -0.338 e. The van der Waals surface area contributed by atoms with E-state index in [1.165, 1.54) is 0 Å². The molecular weight excluding hydrogens is 212 g/mol. The van der Waals surface area contributed by atoms with Crippen molar-refractivity contribution < 1.29 is 0 Å². The highest BCUT2D eigenvalue weighted by Gasteiger charge is 2.32. The molecule has 4 heteroatoms. The molecule has 0 saturated carbocycles. The standard InChI is InChI=1S/C13H26N4/c1-6-17(7-2)13(3,4)11(14)10-12-15-8-9-16(12)5/h8-9,11H,6-7,10,14H2,1-5H3. The van der Waals surface area contributed by atoms with Gasteiger partial charge in [-0.3, -0.25) is 4.90 Å². The molecule has 1 unspecified atom stereocenters. The average molecular weight is 238 g/mol. The molecule has 17 heavy (non-hydrogen) atoms. The van der Waals surface area contributed by atoms with E-state index < -0.39 is 0 Å². The van der Waals surface area contributed by atoms with Crippen molar-refractivity contribution >= 4 is 0 Å². The Morgan fingerprint density at radius 2 is 2.00 bits per heavy atom. The van der Waals surface area contributed by atoms with Crippen LogP contribution in [0.3, 0.4) is 0 Å². The van der Waals surface area contributed by atoms with Crippen molar-refractivity contribution in [3.8, 4) is 0 Å². The summed E-state index contributed by atoms with van der Waals surface area (Å²) in [7, 11) is 2.01. The largest absolute Gasteiger partial charge is 0.338 e. The lowest BCUT2D eigenvalue weighted by Crippen LogP contribution is -2.57. The van der Waals surface area contributed by atoms with E-state index in [0.29, 0.717) is 0 Å². The monoisotopic (exact) mass is 238 g/mol. The molecule has 1 rings (SSSR count). The number of imidazole rings is 1. The summed E-state index contributed by atoms with van der Waals surface area (Å²) in [5.41, 5.74) is 6.36. The van der Waals surface area contributed by atoms with Crippen LogP contribution in [-0.2, 0) is 13.5 Å². The lowest BCUT2D eigenvalue weighted by molar-refractivity contribution is 0.105. The molecule has 0 aliphatic carbocycles. The van der Waals surface area contributed by atoms with Gasteiger partial charge in [0.15, 0.2) is 0 Å². The Bertz CT molecular complexity index is 339. The summed E-state index contributed by atoms with van der Waals surface area (Å²) in [6.45, 7) is 10.8. The normalized spacial score (nSPS) is 14.3.